The van der Waals surface area contributed by atoms with Crippen molar-refractivity contribution in [2.45, 2.75) is 38.3 Å². The van der Waals surface area contributed by atoms with Crippen LogP contribution in [0.1, 0.15) is 25.3 Å². The molecule has 0 bridgehead atoms. The van der Waals surface area contributed by atoms with E-state index in [1.54, 1.807) is 0 Å². The second-order valence-electron chi connectivity index (χ2n) is 6.41. The maximum absolute atomic E-state index is 3.80. The molecule has 0 radical (unpaired) electrons. The van der Waals surface area contributed by atoms with Gasteiger partial charge in [-0.05, 0) is 58.6 Å². The summed E-state index contributed by atoms with van der Waals surface area (Å²) in [4.78, 5) is 5.04. The molecule has 3 nitrogen and oxygen atoms in total. The summed E-state index contributed by atoms with van der Waals surface area (Å²) in [6, 6.07) is 12.0. The molecule has 0 amide bonds. The van der Waals surface area contributed by atoms with Crippen LogP contribution in [-0.4, -0.2) is 62.2 Å². The highest BCUT2D eigenvalue weighted by Crippen LogP contribution is 2.14. The third kappa shape index (κ3) is 5.10. The summed E-state index contributed by atoms with van der Waals surface area (Å²) in [5.74, 6) is 0. The molecular formula is C18H31N3. The van der Waals surface area contributed by atoms with Crippen molar-refractivity contribution in [2.75, 3.05) is 40.3 Å². The van der Waals surface area contributed by atoms with E-state index in [9.17, 15) is 0 Å². The average molecular weight is 289 g/mol. The second-order valence-corrected chi connectivity index (χ2v) is 6.41. The van der Waals surface area contributed by atoms with E-state index < -0.39 is 0 Å². The molecule has 21 heavy (non-hydrogen) atoms. The summed E-state index contributed by atoms with van der Waals surface area (Å²) in [6.45, 7) is 6.92. The van der Waals surface area contributed by atoms with Gasteiger partial charge in [-0.1, -0.05) is 37.3 Å². The van der Waals surface area contributed by atoms with E-state index in [0.29, 0.717) is 12.1 Å². The predicted octanol–water partition coefficient (Wildman–Crippen LogP) is 2.23. The van der Waals surface area contributed by atoms with Gasteiger partial charge < -0.3 is 15.1 Å². The van der Waals surface area contributed by atoms with Gasteiger partial charge >= 0.3 is 0 Å². The van der Waals surface area contributed by atoms with E-state index in [1.807, 2.05) is 0 Å². The Balaban J connectivity index is 2.09. The number of nitrogens with one attached hydrogen (secondary N) is 1. The molecule has 1 saturated heterocycles. The van der Waals surface area contributed by atoms with Crippen LogP contribution in [0.25, 0.3) is 0 Å². The van der Waals surface area contributed by atoms with Gasteiger partial charge in [0.1, 0.15) is 0 Å². The first kappa shape index (κ1) is 16.5. The third-order valence-corrected chi connectivity index (χ3v) is 4.53. The van der Waals surface area contributed by atoms with Gasteiger partial charge in [-0.15, -0.1) is 0 Å². The normalized spacial score (nSPS) is 22.9. The van der Waals surface area contributed by atoms with Crippen LogP contribution in [0.15, 0.2) is 30.3 Å². The molecule has 1 N–H and O–H groups in total. The zero-order valence-corrected chi connectivity index (χ0v) is 13.9. The molecule has 2 unspecified atom stereocenters. The highest BCUT2D eigenvalue weighted by molar-refractivity contribution is 5.16. The highest BCUT2D eigenvalue weighted by atomic mass is 15.2. The molecule has 2 rings (SSSR count). The molecule has 1 aliphatic rings. The van der Waals surface area contributed by atoms with Crippen molar-refractivity contribution in [1.29, 1.82) is 0 Å². The minimum absolute atomic E-state index is 0.526. The standard InChI is InChI=1S/C18H31N3/c1-4-11-19-17(14-16-9-6-5-7-10-16)18-15-20(2)12-8-13-21(18)3/h5-7,9-10,17-19H,4,8,11-15H2,1-3H3. The summed E-state index contributed by atoms with van der Waals surface area (Å²) in [7, 11) is 4.54. The molecule has 0 spiro atoms. The van der Waals surface area contributed by atoms with E-state index in [-0.39, 0.29) is 0 Å². The van der Waals surface area contributed by atoms with Crippen LogP contribution in [0.4, 0.5) is 0 Å². The van der Waals surface area contributed by atoms with E-state index in [2.05, 4.69) is 66.5 Å². The Morgan fingerprint density at radius 1 is 1.19 bits per heavy atom. The molecule has 2 atom stereocenters. The molecular weight excluding hydrogens is 258 g/mol. The summed E-state index contributed by atoms with van der Waals surface area (Å²) >= 11 is 0. The topological polar surface area (TPSA) is 18.5 Å². The highest BCUT2D eigenvalue weighted by Gasteiger charge is 2.28. The molecule has 0 saturated carbocycles. The lowest BCUT2D eigenvalue weighted by molar-refractivity contribution is 0.177. The van der Waals surface area contributed by atoms with Crippen LogP contribution in [0, 0.1) is 0 Å². The maximum atomic E-state index is 3.80. The fraction of sp³-hybridized carbons (Fsp3) is 0.667. The minimum atomic E-state index is 0.526. The molecule has 1 aromatic carbocycles. The van der Waals surface area contributed by atoms with Gasteiger partial charge in [-0.25, -0.2) is 0 Å². The van der Waals surface area contributed by atoms with Crippen LogP contribution in [-0.2, 0) is 6.42 Å². The van der Waals surface area contributed by atoms with Gasteiger partial charge in [0.2, 0.25) is 0 Å². The maximum Gasteiger partial charge on any atom is 0.0376 e. The van der Waals surface area contributed by atoms with Crippen molar-refractivity contribution < 1.29 is 0 Å². The van der Waals surface area contributed by atoms with Crippen LogP contribution < -0.4 is 5.32 Å². The molecule has 1 fully saturated rings. The predicted molar refractivity (Wildman–Crippen MR) is 90.8 cm³/mol. The van der Waals surface area contributed by atoms with Crippen molar-refractivity contribution in [3.8, 4) is 0 Å². The lowest BCUT2D eigenvalue weighted by Gasteiger charge is -2.35. The quantitative estimate of drug-likeness (QED) is 0.866. The number of benzene rings is 1. The Labute approximate surface area is 130 Å². The first-order valence-corrected chi connectivity index (χ1v) is 8.36. The summed E-state index contributed by atoms with van der Waals surface area (Å²) in [6.07, 6.45) is 3.58. The van der Waals surface area contributed by atoms with Gasteiger partial charge in [0.05, 0.1) is 0 Å². The minimum Gasteiger partial charge on any atom is -0.312 e. The molecule has 118 valence electrons. The smallest absolute Gasteiger partial charge is 0.0376 e. The van der Waals surface area contributed by atoms with E-state index >= 15 is 0 Å². The first-order valence-electron chi connectivity index (χ1n) is 8.36. The number of hydrogen-bond donors (Lipinski definition) is 1. The van der Waals surface area contributed by atoms with Gasteiger partial charge in [0, 0.05) is 18.6 Å². The average Bonchev–Trinajstić information content (AvgIpc) is 2.66. The lowest BCUT2D eigenvalue weighted by Crippen LogP contribution is -2.53. The largest absolute Gasteiger partial charge is 0.312 e. The number of likely N-dealkylation sites (N-methyl/N-ethyl adjacent to an activating group) is 2. The Kier molecular flexibility index (Phi) is 6.68. The number of hydrogen-bond acceptors (Lipinski definition) is 3. The van der Waals surface area contributed by atoms with Crippen molar-refractivity contribution in [3.05, 3.63) is 35.9 Å². The summed E-state index contributed by atoms with van der Waals surface area (Å²) in [5.41, 5.74) is 1.44. The van der Waals surface area contributed by atoms with Gasteiger partial charge in [0.15, 0.2) is 0 Å². The fourth-order valence-corrected chi connectivity index (χ4v) is 3.28. The Bertz CT molecular complexity index is 393. The van der Waals surface area contributed by atoms with Crippen molar-refractivity contribution in [2.24, 2.45) is 0 Å². The van der Waals surface area contributed by atoms with Gasteiger partial charge in [-0.3, -0.25) is 0 Å². The van der Waals surface area contributed by atoms with E-state index in [4.69, 9.17) is 0 Å². The van der Waals surface area contributed by atoms with Crippen LogP contribution in [0.5, 0.6) is 0 Å². The molecule has 0 aliphatic carbocycles. The monoisotopic (exact) mass is 289 g/mol. The Morgan fingerprint density at radius 3 is 2.67 bits per heavy atom. The Hall–Kier alpha value is -0.900. The molecule has 3 heteroatoms. The van der Waals surface area contributed by atoms with Crippen molar-refractivity contribution in [3.63, 3.8) is 0 Å². The summed E-state index contributed by atoms with van der Waals surface area (Å²) < 4.78 is 0. The van der Waals surface area contributed by atoms with Crippen LogP contribution in [0.2, 0.25) is 0 Å². The van der Waals surface area contributed by atoms with Crippen LogP contribution >= 0.6 is 0 Å². The fourth-order valence-electron chi connectivity index (χ4n) is 3.28. The van der Waals surface area contributed by atoms with Gasteiger partial charge in [-0.2, -0.15) is 0 Å². The zero-order chi connectivity index (χ0) is 15.1. The summed E-state index contributed by atoms with van der Waals surface area (Å²) in [5, 5.41) is 3.80. The molecule has 1 aromatic rings. The third-order valence-electron chi connectivity index (χ3n) is 4.53. The van der Waals surface area contributed by atoms with Crippen molar-refractivity contribution >= 4 is 0 Å². The molecule has 1 heterocycles. The van der Waals surface area contributed by atoms with E-state index in [1.165, 1.54) is 31.5 Å². The Morgan fingerprint density at radius 2 is 1.95 bits per heavy atom. The van der Waals surface area contributed by atoms with Crippen molar-refractivity contribution in [1.82, 2.24) is 15.1 Å². The second kappa shape index (κ2) is 8.52. The zero-order valence-electron chi connectivity index (χ0n) is 13.9. The van der Waals surface area contributed by atoms with Crippen LogP contribution in [0.3, 0.4) is 0 Å². The molecule has 1 aliphatic heterocycles. The number of rotatable bonds is 6. The molecule has 0 aromatic heterocycles. The first-order chi connectivity index (χ1) is 10.2. The lowest BCUT2D eigenvalue weighted by atomic mass is 9.98. The number of nitrogens with zero attached hydrogens (tertiary/aromatic N) is 2. The SMILES string of the molecule is CCCNC(Cc1ccccc1)C1CN(C)CCCN1C. The van der Waals surface area contributed by atoms with Gasteiger partial charge in [0.25, 0.3) is 0 Å². The van der Waals surface area contributed by atoms with E-state index in [0.717, 1.165) is 19.5 Å².